The zero-order chi connectivity index (χ0) is 10.3. The number of allylic oxidation sites excluding steroid dienone is 2. The van der Waals surface area contributed by atoms with Gasteiger partial charge >= 0.3 is 0 Å². The lowest BCUT2D eigenvalue weighted by Gasteiger charge is -2.36. The second-order valence-electron chi connectivity index (χ2n) is 5.47. The van der Waals surface area contributed by atoms with Crippen LogP contribution in [0, 0.1) is 23.2 Å². The van der Waals surface area contributed by atoms with Gasteiger partial charge in [-0.2, -0.15) is 0 Å². The van der Waals surface area contributed by atoms with Crippen molar-refractivity contribution in [3.63, 3.8) is 0 Å². The molecule has 0 aromatic heterocycles. The predicted octanol–water partition coefficient (Wildman–Crippen LogP) is 3.20. The van der Waals surface area contributed by atoms with Crippen LogP contribution in [0.4, 0.5) is 0 Å². The first kappa shape index (κ1) is 9.95. The van der Waals surface area contributed by atoms with Gasteiger partial charge in [0.2, 0.25) is 0 Å². The third-order valence-corrected chi connectivity index (χ3v) is 4.44. The van der Waals surface area contributed by atoms with Crippen molar-refractivity contribution in [3.8, 4) is 0 Å². The minimum absolute atomic E-state index is 0.250. The van der Waals surface area contributed by atoms with Gasteiger partial charge in [0.05, 0.1) is 0 Å². The Labute approximate surface area is 86.6 Å². The molecule has 0 aromatic rings. The number of carbonyl (C=O) groups excluding carboxylic acids is 1. The fourth-order valence-corrected chi connectivity index (χ4v) is 3.72. The number of rotatable bonds is 2. The molecule has 2 aliphatic carbocycles. The lowest BCUT2D eigenvalue weighted by molar-refractivity contribution is -0.123. The molecular formula is C13H20O. The van der Waals surface area contributed by atoms with Crippen LogP contribution in [-0.2, 0) is 4.79 Å². The van der Waals surface area contributed by atoms with Gasteiger partial charge in [0.1, 0.15) is 0 Å². The maximum Gasteiger partial charge on any atom is 0.159 e. The van der Waals surface area contributed by atoms with Gasteiger partial charge < -0.3 is 0 Å². The van der Waals surface area contributed by atoms with Crippen LogP contribution in [0.1, 0.15) is 40.0 Å². The van der Waals surface area contributed by atoms with Crippen molar-refractivity contribution in [2.75, 3.05) is 0 Å². The summed E-state index contributed by atoms with van der Waals surface area (Å²) in [5, 5.41) is 0. The first-order valence-corrected chi connectivity index (χ1v) is 5.74. The lowest BCUT2D eigenvalue weighted by atomic mass is 9.67. The summed E-state index contributed by atoms with van der Waals surface area (Å²) in [7, 11) is 0. The third-order valence-electron chi connectivity index (χ3n) is 4.44. The topological polar surface area (TPSA) is 17.1 Å². The Morgan fingerprint density at radius 1 is 1.36 bits per heavy atom. The summed E-state index contributed by atoms with van der Waals surface area (Å²) >= 11 is 0. The quantitative estimate of drug-likeness (QED) is 0.614. The summed E-state index contributed by atoms with van der Waals surface area (Å²) in [6.45, 7) is 6.49. The average molecular weight is 192 g/mol. The van der Waals surface area contributed by atoms with Crippen molar-refractivity contribution < 1.29 is 4.79 Å². The summed E-state index contributed by atoms with van der Waals surface area (Å²) in [5.74, 6) is 2.15. The van der Waals surface area contributed by atoms with Crippen molar-refractivity contribution >= 4 is 5.78 Å². The van der Waals surface area contributed by atoms with Crippen molar-refractivity contribution in [2.24, 2.45) is 23.2 Å². The summed E-state index contributed by atoms with van der Waals surface area (Å²) < 4.78 is 0. The zero-order valence-electron chi connectivity index (χ0n) is 9.42. The van der Waals surface area contributed by atoms with E-state index in [1.54, 1.807) is 6.08 Å². The number of carbonyl (C=O) groups is 1. The van der Waals surface area contributed by atoms with E-state index in [4.69, 9.17) is 0 Å². The standard InChI is InChI=1S/C13H20O/c1-4-5-11(14)12-9-6-7-10(8-9)13(12,2)3/h4-5,9-10,12H,6-8H2,1-3H3/b5-4+. The summed E-state index contributed by atoms with van der Waals surface area (Å²) in [5.41, 5.74) is 0.250. The molecule has 0 aromatic carbocycles. The first-order valence-electron chi connectivity index (χ1n) is 5.74. The average Bonchev–Trinajstić information content (AvgIpc) is 2.61. The fourth-order valence-electron chi connectivity index (χ4n) is 3.72. The van der Waals surface area contributed by atoms with Crippen molar-refractivity contribution in [1.82, 2.24) is 0 Å². The van der Waals surface area contributed by atoms with Crippen molar-refractivity contribution in [3.05, 3.63) is 12.2 Å². The zero-order valence-corrected chi connectivity index (χ0v) is 9.42. The molecule has 0 amide bonds. The van der Waals surface area contributed by atoms with Gasteiger partial charge in [0.15, 0.2) is 5.78 Å². The molecule has 2 bridgehead atoms. The van der Waals surface area contributed by atoms with Crippen LogP contribution in [0.3, 0.4) is 0 Å². The molecule has 1 nitrogen and oxygen atoms in total. The molecule has 0 radical (unpaired) electrons. The van der Waals surface area contributed by atoms with Gasteiger partial charge in [-0.05, 0) is 49.5 Å². The monoisotopic (exact) mass is 192 g/mol. The molecular weight excluding hydrogens is 172 g/mol. The van der Waals surface area contributed by atoms with Crippen molar-refractivity contribution in [1.29, 1.82) is 0 Å². The molecule has 0 saturated heterocycles. The summed E-state index contributed by atoms with van der Waals surface area (Å²) in [4.78, 5) is 12.0. The van der Waals surface area contributed by atoms with E-state index in [0.717, 1.165) is 5.92 Å². The third kappa shape index (κ3) is 1.25. The number of fused-ring (bicyclic) bond motifs is 2. The van der Waals surface area contributed by atoms with E-state index in [9.17, 15) is 4.79 Å². The smallest absolute Gasteiger partial charge is 0.159 e. The Balaban J connectivity index is 2.23. The van der Waals surface area contributed by atoms with E-state index in [0.29, 0.717) is 17.6 Å². The van der Waals surface area contributed by atoms with Gasteiger partial charge in [-0.25, -0.2) is 0 Å². The molecule has 0 aliphatic heterocycles. The molecule has 78 valence electrons. The highest BCUT2D eigenvalue weighted by Gasteiger charge is 2.54. The van der Waals surface area contributed by atoms with Gasteiger partial charge in [-0.1, -0.05) is 19.9 Å². The van der Waals surface area contributed by atoms with E-state index in [1.807, 2.05) is 13.0 Å². The summed E-state index contributed by atoms with van der Waals surface area (Å²) in [6.07, 6.45) is 7.57. The molecule has 2 aliphatic rings. The molecule has 2 fully saturated rings. The highest BCUT2D eigenvalue weighted by atomic mass is 16.1. The van der Waals surface area contributed by atoms with Gasteiger partial charge in [0.25, 0.3) is 0 Å². The highest BCUT2D eigenvalue weighted by molar-refractivity contribution is 5.92. The predicted molar refractivity (Wildman–Crippen MR) is 57.9 cm³/mol. The molecule has 3 atom stereocenters. The molecule has 14 heavy (non-hydrogen) atoms. The Kier molecular flexibility index (Phi) is 2.29. The Morgan fingerprint density at radius 2 is 2.07 bits per heavy atom. The first-order chi connectivity index (χ1) is 6.57. The SMILES string of the molecule is C/C=C/C(=O)C1C2CCC(C2)C1(C)C. The van der Waals surface area contributed by atoms with E-state index < -0.39 is 0 Å². The second-order valence-corrected chi connectivity index (χ2v) is 5.47. The van der Waals surface area contributed by atoms with Gasteiger partial charge in [-0.3, -0.25) is 4.79 Å². The van der Waals surface area contributed by atoms with Crippen LogP contribution < -0.4 is 0 Å². The minimum atomic E-state index is 0.250. The van der Waals surface area contributed by atoms with Crippen LogP contribution in [-0.4, -0.2) is 5.78 Å². The van der Waals surface area contributed by atoms with Crippen LogP contribution >= 0.6 is 0 Å². The molecule has 0 heterocycles. The second kappa shape index (κ2) is 3.22. The maximum atomic E-state index is 12.0. The van der Waals surface area contributed by atoms with Crippen LogP contribution in [0.15, 0.2) is 12.2 Å². The molecule has 1 heteroatoms. The lowest BCUT2D eigenvalue weighted by Crippen LogP contribution is -2.35. The van der Waals surface area contributed by atoms with Crippen LogP contribution in [0.5, 0.6) is 0 Å². The fraction of sp³-hybridized carbons (Fsp3) is 0.769. The maximum absolute atomic E-state index is 12.0. The van der Waals surface area contributed by atoms with Crippen LogP contribution in [0.2, 0.25) is 0 Å². The van der Waals surface area contributed by atoms with Gasteiger partial charge in [0, 0.05) is 5.92 Å². The van der Waals surface area contributed by atoms with Crippen molar-refractivity contribution in [2.45, 2.75) is 40.0 Å². The van der Waals surface area contributed by atoms with E-state index in [-0.39, 0.29) is 5.41 Å². The van der Waals surface area contributed by atoms with E-state index in [1.165, 1.54) is 19.3 Å². The molecule has 2 rings (SSSR count). The largest absolute Gasteiger partial charge is 0.295 e. The van der Waals surface area contributed by atoms with E-state index in [2.05, 4.69) is 13.8 Å². The molecule has 0 N–H and O–H groups in total. The number of ketones is 1. The molecule has 2 saturated carbocycles. The normalized spacial score (nSPS) is 39.5. The van der Waals surface area contributed by atoms with Gasteiger partial charge in [-0.15, -0.1) is 0 Å². The Morgan fingerprint density at radius 3 is 2.57 bits per heavy atom. The molecule has 3 unspecified atom stereocenters. The highest BCUT2D eigenvalue weighted by Crippen LogP contribution is 2.59. The number of hydrogen-bond acceptors (Lipinski definition) is 1. The Hall–Kier alpha value is -0.590. The minimum Gasteiger partial charge on any atom is -0.295 e. The van der Waals surface area contributed by atoms with Crippen LogP contribution in [0.25, 0.3) is 0 Å². The Bertz CT molecular complexity index is 275. The van der Waals surface area contributed by atoms with E-state index >= 15 is 0 Å². The number of hydrogen-bond donors (Lipinski definition) is 0. The summed E-state index contributed by atoms with van der Waals surface area (Å²) in [6, 6.07) is 0. The molecule has 0 spiro atoms.